The molecule has 16 heavy (non-hydrogen) atoms. The molecule has 0 aromatic heterocycles. The lowest BCUT2D eigenvalue weighted by Gasteiger charge is -2.10. The zero-order valence-electron chi connectivity index (χ0n) is 8.15. The van der Waals surface area contributed by atoms with E-state index in [0.29, 0.717) is 18.2 Å². The number of benzene rings is 1. The van der Waals surface area contributed by atoms with E-state index >= 15 is 0 Å². The summed E-state index contributed by atoms with van der Waals surface area (Å²) in [6, 6.07) is 3.01. The summed E-state index contributed by atoms with van der Waals surface area (Å²) in [5.74, 6) is -0.908. The molecule has 0 atom stereocenters. The molecule has 1 rings (SSSR count). The van der Waals surface area contributed by atoms with Crippen LogP contribution in [0.2, 0.25) is 0 Å². The summed E-state index contributed by atoms with van der Waals surface area (Å²) < 4.78 is 52.6. The Bertz CT molecular complexity index is 351. The van der Waals surface area contributed by atoms with Gasteiger partial charge in [0.2, 0.25) is 0 Å². The first-order valence-electron chi connectivity index (χ1n) is 4.52. The van der Waals surface area contributed by atoms with Gasteiger partial charge in [-0.2, -0.15) is 0 Å². The fourth-order valence-corrected chi connectivity index (χ4v) is 1.48. The lowest BCUT2D eigenvalue weighted by atomic mass is 10.1. The average molecular weight is 301 g/mol. The molecule has 1 aromatic rings. The molecular weight excluding hydrogens is 292 g/mol. The van der Waals surface area contributed by atoms with Crippen molar-refractivity contribution in [1.29, 1.82) is 0 Å². The fraction of sp³-hybridized carbons (Fsp3) is 0.400. The van der Waals surface area contributed by atoms with Crippen LogP contribution in [0.4, 0.5) is 17.6 Å². The number of hydrogen-bond acceptors (Lipinski definition) is 1. The summed E-state index contributed by atoms with van der Waals surface area (Å²) in [6.07, 6.45) is -3.73. The lowest BCUT2D eigenvalue weighted by molar-refractivity contribution is -0.274. The van der Waals surface area contributed by atoms with Gasteiger partial charge in [-0.05, 0) is 36.6 Å². The molecule has 0 aliphatic heterocycles. The maximum Gasteiger partial charge on any atom is 0.573 e. The first-order chi connectivity index (χ1) is 7.42. The van der Waals surface area contributed by atoms with E-state index in [9.17, 15) is 17.6 Å². The molecule has 0 N–H and O–H groups in total. The van der Waals surface area contributed by atoms with Crippen LogP contribution >= 0.6 is 15.9 Å². The van der Waals surface area contributed by atoms with E-state index in [1.807, 2.05) is 0 Å². The topological polar surface area (TPSA) is 9.23 Å². The molecule has 90 valence electrons. The van der Waals surface area contributed by atoms with Crippen molar-refractivity contribution >= 4 is 15.9 Å². The molecule has 0 spiro atoms. The van der Waals surface area contributed by atoms with Gasteiger partial charge in [0.25, 0.3) is 0 Å². The molecule has 1 nitrogen and oxygen atoms in total. The van der Waals surface area contributed by atoms with E-state index in [1.165, 1.54) is 0 Å². The predicted octanol–water partition coefficient (Wildman–Crippen LogP) is 4.05. The first kappa shape index (κ1) is 13.3. The molecule has 0 heterocycles. The van der Waals surface area contributed by atoms with E-state index in [1.54, 1.807) is 0 Å². The highest BCUT2D eigenvalue weighted by Crippen LogP contribution is 2.25. The Kier molecular flexibility index (Phi) is 4.58. The highest BCUT2D eigenvalue weighted by atomic mass is 79.9. The monoisotopic (exact) mass is 300 g/mol. The molecule has 0 radical (unpaired) electrons. The number of rotatable bonds is 4. The Labute approximate surface area is 98.5 Å². The van der Waals surface area contributed by atoms with Gasteiger partial charge in [0.05, 0.1) is 0 Å². The smallest absolute Gasteiger partial charge is 0.406 e. The van der Waals surface area contributed by atoms with Crippen LogP contribution in [0.1, 0.15) is 12.0 Å². The van der Waals surface area contributed by atoms with Crippen molar-refractivity contribution in [2.75, 3.05) is 5.33 Å². The quantitative estimate of drug-likeness (QED) is 0.602. The molecule has 0 fully saturated rings. The molecule has 0 bridgehead atoms. The largest absolute Gasteiger partial charge is 0.573 e. The second-order valence-corrected chi connectivity index (χ2v) is 3.89. The number of halogens is 5. The van der Waals surface area contributed by atoms with Gasteiger partial charge in [-0.25, -0.2) is 4.39 Å². The summed E-state index contributed by atoms with van der Waals surface area (Å²) in [7, 11) is 0. The molecule has 0 saturated heterocycles. The molecule has 0 amide bonds. The molecule has 0 saturated carbocycles. The minimum Gasteiger partial charge on any atom is -0.406 e. The van der Waals surface area contributed by atoms with Gasteiger partial charge in [0, 0.05) is 5.33 Å². The van der Waals surface area contributed by atoms with Gasteiger partial charge < -0.3 is 4.74 Å². The third-order valence-corrected chi connectivity index (χ3v) is 2.39. The normalized spacial score (nSPS) is 11.6. The molecule has 1 aromatic carbocycles. The Morgan fingerprint density at radius 2 is 1.94 bits per heavy atom. The van der Waals surface area contributed by atoms with Gasteiger partial charge in [-0.3, -0.25) is 0 Å². The van der Waals surface area contributed by atoms with Crippen molar-refractivity contribution in [1.82, 2.24) is 0 Å². The summed E-state index contributed by atoms with van der Waals surface area (Å²) in [5, 5.41) is 0.663. The van der Waals surface area contributed by atoms with E-state index < -0.39 is 17.9 Å². The molecule has 0 aliphatic rings. The van der Waals surface area contributed by atoms with Crippen molar-refractivity contribution in [3.63, 3.8) is 0 Å². The van der Waals surface area contributed by atoms with Gasteiger partial charge in [0.15, 0.2) is 0 Å². The van der Waals surface area contributed by atoms with Crippen molar-refractivity contribution in [3.05, 3.63) is 29.6 Å². The summed E-state index contributed by atoms with van der Waals surface area (Å²) in [5.41, 5.74) is 0.223. The Morgan fingerprint density at radius 3 is 2.50 bits per heavy atom. The third-order valence-electron chi connectivity index (χ3n) is 1.83. The first-order valence-corrected chi connectivity index (χ1v) is 5.64. The minimum absolute atomic E-state index is 0.223. The van der Waals surface area contributed by atoms with Gasteiger partial charge in [-0.1, -0.05) is 15.9 Å². The Balaban J connectivity index is 2.81. The second kappa shape index (κ2) is 5.52. The number of ether oxygens (including phenoxy) is 1. The van der Waals surface area contributed by atoms with E-state index in [-0.39, 0.29) is 5.56 Å². The average Bonchev–Trinajstić information content (AvgIpc) is 2.17. The highest BCUT2D eigenvalue weighted by Gasteiger charge is 2.31. The maximum absolute atomic E-state index is 13.2. The van der Waals surface area contributed by atoms with Crippen LogP contribution < -0.4 is 4.74 Å². The number of hydrogen-bond donors (Lipinski definition) is 0. The third kappa shape index (κ3) is 4.38. The molecule has 0 unspecified atom stereocenters. The van der Waals surface area contributed by atoms with Gasteiger partial charge in [0.1, 0.15) is 11.6 Å². The van der Waals surface area contributed by atoms with Crippen LogP contribution in [0.3, 0.4) is 0 Å². The summed E-state index contributed by atoms with van der Waals surface area (Å²) in [6.45, 7) is 0. The Morgan fingerprint density at radius 1 is 1.25 bits per heavy atom. The van der Waals surface area contributed by atoms with Crippen LogP contribution in [-0.4, -0.2) is 11.7 Å². The van der Waals surface area contributed by atoms with Gasteiger partial charge in [-0.15, -0.1) is 13.2 Å². The van der Waals surface area contributed by atoms with Crippen LogP contribution in [0.5, 0.6) is 5.75 Å². The minimum atomic E-state index is -4.75. The van der Waals surface area contributed by atoms with E-state index in [0.717, 1.165) is 18.2 Å². The highest BCUT2D eigenvalue weighted by molar-refractivity contribution is 9.09. The van der Waals surface area contributed by atoms with Crippen LogP contribution in [0.15, 0.2) is 18.2 Å². The SMILES string of the molecule is Fc1ccc(OC(F)(F)F)cc1CCCBr. The standard InChI is InChI=1S/C10H9BrF4O/c11-5-1-2-7-6-8(3-4-9(7)12)16-10(13,14)15/h3-4,6H,1-2,5H2. The summed E-state index contributed by atoms with van der Waals surface area (Å²) >= 11 is 3.17. The molecule has 0 aliphatic carbocycles. The van der Waals surface area contributed by atoms with Crippen molar-refractivity contribution < 1.29 is 22.3 Å². The van der Waals surface area contributed by atoms with Crippen molar-refractivity contribution in [3.8, 4) is 5.75 Å². The fourth-order valence-electron chi connectivity index (χ4n) is 1.20. The zero-order valence-corrected chi connectivity index (χ0v) is 9.74. The van der Waals surface area contributed by atoms with Crippen molar-refractivity contribution in [2.24, 2.45) is 0 Å². The molecule has 6 heteroatoms. The maximum atomic E-state index is 13.2. The molecular formula is C10H9BrF4O. The van der Waals surface area contributed by atoms with Crippen LogP contribution in [0.25, 0.3) is 0 Å². The second-order valence-electron chi connectivity index (χ2n) is 3.09. The van der Waals surface area contributed by atoms with E-state index in [2.05, 4.69) is 20.7 Å². The Hall–Kier alpha value is -0.780. The van der Waals surface area contributed by atoms with Crippen LogP contribution in [0, 0.1) is 5.82 Å². The zero-order chi connectivity index (χ0) is 12.2. The van der Waals surface area contributed by atoms with Gasteiger partial charge >= 0.3 is 6.36 Å². The number of aryl methyl sites for hydroxylation is 1. The predicted molar refractivity (Wildman–Crippen MR) is 55.2 cm³/mol. The van der Waals surface area contributed by atoms with Crippen molar-refractivity contribution in [2.45, 2.75) is 19.2 Å². The van der Waals surface area contributed by atoms with Crippen LogP contribution in [-0.2, 0) is 6.42 Å². The summed E-state index contributed by atoms with van der Waals surface area (Å²) in [4.78, 5) is 0. The number of alkyl halides is 4. The van der Waals surface area contributed by atoms with E-state index in [4.69, 9.17) is 0 Å². The lowest BCUT2D eigenvalue weighted by Crippen LogP contribution is -2.17.